The lowest BCUT2D eigenvalue weighted by atomic mass is 9.58. The molecule has 0 spiro atoms. The van der Waals surface area contributed by atoms with Gasteiger partial charge in [-0.15, -0.1) is 0 Å². The Morgan fingerprint density at radius 1 is 1.17 bits per heavy atom. The van der Waals surface area contributed by atoms with Crippen LogP contribution in [0.3, 0.4) is 0 Å². The number of hydrogen-bond acceptors (Lipinski definition) is 5. The zero-order valence-corrected chi connectivity index (χ0v) is 19.6. The van der Waals surface area contributed by atoms with Crippen molar-refractivity contribution in [1.82, 2.24) is 0 Å². The summed E-state index contributed by atoms with van der Waals surface area (Å²) in [6.45, 7) is 10.6. The molecule has 0 amide bonds. The number of rotatable bonds is 6. The van der Waals surface area contributed by atoms with Crippen molar-refractivity contribution >= 4 is 11.9 Å². The van der Waals surface area contributed by atoms with E-state index in [9.17, 15) is 14.7 Å². The van der Waals surface area contributed by atoms with Gasteiger partial charge >= 0.3 is 11.9 Å². The number of cyclic esters (lactones) is 1. The smallest absolute Gasteiger partial charge is 0.311 e. The van der Waals surface area contributed by atoms with Gasteiger partial charge < -0.3 is 14.6 Å². The molecule has 3 fully saturated rings. The first-order chi connectivity index (χ1) is 14.1. The molecule has 1 saturated heterocycles. The van der Waals surface area contributed by atoms with Crippen LogP contribution >= 0.6 is 0 Å². The van der Waals surface area contributed by atoms with Gasteiger partial charge in [-0.1, -0.05) is 27.2 Å². The number of ether oxygens (including phenoxy) is 2. The molecule has 1 heterocycles. The summed E-state index contributed by atoms with van der Waals surface area (Å²) in [6, 6.07) is 0. The fraction of sp³-hybridized carbons (Fsp3) is 0.920. The minimum atomic E-state index is -0.576. The lowest BCUT2D eigenvalue weighted by Gasteiger charge is -2.50. The third-order valence-corrected chi connectivity index (χ3v) is 8.28. The Labute approximate surface area is 182 Å². The SMILES string of the molecule is CCC(C)(C)C(=O)O[C@H]1C[C@@H](C)CC2CC[C@@H](C)C(CC[C@@H]3C[C@@H](O)CC(=O)O3)C21. The molecule has 5 heteroatoms. The van der Waals surface area contributed by atoms with Gasteiger partial charge in [0, 0.05) is 12.3 Å². The summed E-state index contributed by atoms with van der Waals surface area (Å²) < 4.78 is 11.7. The molecule has 2 aliphatic carbocycles. The molecular formula is C25H42O5. The van der Waals surface area contributed by atoms with Gasteiger partial charge in [-0.05, 0) is 76.0 Å². The predicted molar refractivity (Wildman–Crippen MR) is 116 cm³/mol. The molecule has 2 saturated carbocycles. The Morgan fingerprint density at radius 3 is 2.57 bits per heavy atom. The third kappa shape index (κ3) is 5.38. The van der Waals surface area contributed by atoms with Gasteiger partial charge in [0.2, 0.25) is 0 Å². The third-order valence-electron chi connectivity index (χ3n) is 8.28. The number of aliphatic hydroxyl groups is 1. The highest BCUT2D eigenvalue weighted by Gasteiger charge is 2.47. The Hall–Kier alpha value is -1.10. The van der Waals surface area contributed by atoms with E-state index in [2.05, 4.69) is 13.8 Å². The summed E-state index contributed by atoms with van der Waals surface area (Å²) in [5.74, 6) is 2.28. The first-order valence-corrected chi connectivity index (χ1v) is 12.2. The number of carbonyl (C=O) groups is 2. The van der Waals surface area contributed by atoms with Gasteiger partial charge in [-0.2, -0.15) is 0 Å². The van der Waals surface area contributed by atoms with Gasteiger partial charge in [0.05, 0.1) is 17.9 Å². The first kappa shape index (κ1) is 23.6. The number of hydrogen-bond donors (Lipinski definition) is 1. The van der Waals surface area contributed by atoms with Crippen molar-refractivity contribution < 1.29 is 24.2 Å². The monoisotopic (exact) mass is 422 g/mol. The van der Waals surface area contributed by atoms with Gasteiger partial charge in [0.1, 0.15) is 12.2 Å². The molecule has 8 atom stereocenters. The van der Waals surface area contributed by atoms with E-state index in [0.29, 0.717) is 36.0 Å². The molecule has 3 unspecified atom stereocenters. The van der Waals surface area contributed by atoms with E-state index in [-0.39, 0.29) is 30.6 Å². The van der Waals surface area contributed by atoms with Crippen molar-refractivity contribution in [3.05, 3.63) is 0 Å². The molecule has 3 rings (SSSR count). The molecular weight excluding hydrogens is 380 g/mol. The molecule has 0 aromatic rings. The Balaban J connectivity index is 1.72. The number of fused-ring (bicyclic) bond motifs is 1. The van der Waals surface area contributed by atoms with Gasteiger partial charge in [-0.3, -0.25) is 9.59 Å². The summed E-state index contributed by atoms with van der Waals surface area (Å²) in [5.41, 5.74) is -0.446. The molecule has 1 N–H and O–H groups in total. The minimum absolute atomic E-state index is 0.00989. The van der Waals surface area contributed by atoms with Crippen molar-refractivity contribution in [3.63, 3.8) is 0 Å². The van der Waals surface area contributed by atoms with Gasteiger partial charge in [0.15, 0.2) is 0 Å². The van der Waals surface area contributed by atoms with E-state index < -0.39 is 11.5 Å². The molecule has 3 aliphatic rings. The maximum atomic E-state index is 12.9. The van der Waals surface area contributed by atoms with Crippen LogP contribution in [0.2, 0.25) is 0 Å². The summed E-state index contributed by atoms with van der Waals surface area (Å²) in [5, 5.41) is 9.94. The van der Waals surface area contributed by atoms with Crippen molar-refractivity contribution in [2.24, 2.45) is 35.0 Å². The molecule has 172 valence electrons. The van der Waals surface area contributed by atoms with E-state index in [1.807, 2.05) is 20.8 Å². The summed E-state index contributed by atoms with van der Waals surface area (Å²) in [6.07, 6.45) is 7.02. The van der Waals surface area contributed by atoms with E-state index in [1.165, 1.54) is 19.3 Å². The van der Waals surface area contributed by atoms with Crippen LogP contribution in [-0.4, -0.2) is 35.4 Å². The number of esters is 2. The van der Waals surface area contributed by atoms with Crippen LogP contribution in [0.5, 0.6) is 0 Å². The van der Waals surface area contributed by atoms with Crippen molar-refractivity contribution in [3.8, 4) is 0 Å². The first-order valence-electron chi connectivity index (χ1n) is 12.2. The number of carbonyl (C=O) groups excluding carboxylic acids is 2. The highest BCUT2D eigenvalue weighted by atomic mass is 16.6. The van der Waals surface area contributed by atoms with E-state index in [1.54, 1.807) is 0 Å². The summed E-state index contributed by atoms with van der Waals surface area (Å²) in [4.78, 5) is 24.6. The molecule has 30 heavy (non-hydrogen) atoms. The topological polar surface area (TPSA) is 72.8 Å². The molecule has 5 nitrogen and oxygen atoms in total. The fourth-order valence-corrected chi connectivity index (χ4v) is 6.09. The maximum absolute atomic E-state index is 12.9. The van der Waals surface area contributed by atoms with Crippen LogP contribution in [-0.2, 0) is 19.1 Å². The zero-order valence-electron chi connectivity index (χ0n) is 19.6. The largest absolute Gasteiger partial charge is 0.462 e. The molecule has 0 bridgehead atoms. The Morgan fingerprint density at radius 2 is 1.90 bits per heavy atom. The minimum Gasteiger partial charge on any atom is -0.462 e. The number of aliphatic hydroxyl groups excluding tert-OH is 1. The fourth-order valence-electron chi connectivity index (χ4n) is 6.09. The van der Waals surface area contributed by atoms with Crippen LogP contribution in [0.25, 0.3) is 0 Å². The Kier molecular flexibility index (Phi) is 7.53. The summed E-state index contributed by atoms with van der Waals surface area (Å²) in [7, 11) is 0. The zero-order chi connectivity index (χ0) is 22.1. The lowest BCUT2D eigenvalue weighted by Crippen LogP contribution is -2.48. The second kappa shape index (κ2) is 9.58. The van der Waals surface area contributed by atoms with Crippen molar-refractivity contribution in [2.75, 3.05) is 0 Å². The molecule has 0 aromatic heterocycles. The molecule has 0 radical (unpaired) electrons. The molecule has 1 aliphatic heterocycles. The standard InChI is InChI=1S/C25H42O5/c1-6-25(4,5)24(28)30-21-12-15(2)11-17-8-7-16(3)20(23(17)21)10-9-19-13-18(26)14-22(27)29-19/h15-21,23,26H,6-14H2,1-5H3/t15-,16+,17?,18+,19+,20?,21-,23?/m0/s1. The maximum Gasteiger partial charge on any atom is 0.311 e. The van der Waals surface area contributed by atoms with Crippen LogP contribution in [0, 0.1) is 35.0 Å². The van der Waals surface area contributed by atoms with Crippen molar-refractivity contribution in [2.45, 2.75) is 111 Å². The van der Waals surface area contributed by atoms with Gasteiger partial charge in [0.25, 0.3) is 0 Å². The van der Waals surface area contributed by atoms with Crippen LogP contribution in [0.15, 0.2) is 0 Å². The average molecular weight is 423 g/mol. The lowest BCUT2D eigenvalue weighted by molar-refractivity contribution is -0.174. The Bertz CT molecular complexity index is 615. The highest BCUT2D eigenvalue weighted by molar-refractivity contribution is 5.76. The second-order valence-electron chi connectivity index (χ2n) is 11.1. The summed E-state index contributed by atoms with van der Waals surface area (Å²) >= 11 is 0. The van der Waals surface area contributed by atoms with Crippen LogP contribution < -0.4 is 0 Å². The van der Waals surface area contributed by atoms with E-state index >= 15 is 0 Å². The quantitative estimate of drug-likeness (QED) is 0.617. The van der Waals surface area contributed by atoms with Crippen molar-refractivity contribution in [1.29, 1.82) is 0 Å². The van der Waals surface area contributed by atoms with E-state index in [0.717, 1.165) is 25.7 Å². The second-order valence-corrected chi connectivity index (χ2v) is 11.1. The highest BCUT2D eigenvalue weighted by Crippen LogP contribution is 2.51. The normalized spacial score (nSPS) is 39.7. The predicted octanol–water partition coefficient (Wildman–Crippen LogP) is 4.89. The molecule has 0 aromatic carbocycles. The van der Waals surface area contributed by atoms with Crippen LogP contribution in [0.1, 0.15) is 92.4 Å². The average Bonchev–Trinajstić information content (AvgIpc) is 2.66. The van der Waals surface area contributed by atoms with E-state index in [4.69, 9.17) is 9.47 Å². The van der Waals surface area contributed by atoms with Gasteiger partial charge in [-0.25, -0.2) is 0 Å². The van der Waals surface area contributed by atoms with Crippen LogP contribution in [0.4, 0.5) is 0 Å².